The van der Waals surface area contributed by atoms with Crippen LogP contribution in [0.1, 0.15) is 118 Å². The van der Waals surface area contributed by atoms with E-state index in [1.807, 2.05) is 0 Å². The molecule has 7 aromatic rings. The molecule has 274 valence electrons. The highest BCUT2D eigenvalue weighted by Crippen LogP contribution is 2.40. The van der Waals surface area contributed by atoms with Crippen molar-refractivity contribution >= 4 is 0 Å². The summed E-state index contributed by atoms with van der Waals surface area (Å²) in [5, 5.41) is 0. The summed E-state index contributed by atoms with van der Waals surface area (Å²) in [4.78, 5) is 0. The van der Waals surface area contributed by atoms with Crippen molar-refractivity contribution in [3.8, 4) is 11.4 Å². The van der Waals surface area contributed by atoms with Gasteiger partial charge >= 0.3 is 0 Å². The van der Waals surface area contributed by atoms with Gasteiger partial charge in [0.25, 0.3) is 6.33 Å². The van der Waals surface area contributed by atoms with Gasteiger partial charge in [-0.2, -0.15) is 9.13 Å². The van der Waals surface area contributed by atoms with Gasteiger partial charge in [-0.3, -0.25) is 0 Å². The molecule has 2 nitrogen and oxygen atoms in total. The van der Waals surface area contributed by atoms with E-state index in [9.17, 15) is 0 Å². The highest BCUT2D eigenvalue weighted by Gasteiger charge is 2.32. The first-order chi connectivity index (χ1) is 25.6. The van der Waals surface area contributed by atoms with Gasteiger partial charge in [0.05, 0.1) is 0 Å². The number of hydrogen-bond donors (Lipinski definition) is 0. The van der Waals surface area contributed by atoms with Crippen LogP contribution in [-0.2, 0) is 0 Å². The van der Waals surface area contributed by atoms with Gasteiger partial charge in [-0.05, 0) is 36.1 Å². The maximum atomic E-state index is 2.51. The Bertz CT molecular complexity index is 2030. The molecule has 0 aliphatic rings. The first kappa shape index (κ1) is 38.7. The van der Waals surface area contributed by atoms with Gasteiger partial charge in [0.1, 0.15) is 22.8 Å². The maximum Gasteiger partial charge on any atom is 0.254 e. The number of benzene rings is 6. The zero-order valence-corrected chi connectivity index (χ0v) is 34.6. The van der Waals surface area contributed by atoms with Crippen molar-refractivity contribution in [2.45, 2.75) is 79.1 Å². The molecule has 0 fully saturated rings. The van der Waals surface area contributed by atoms with Gasteiger partial charge in [-0.1, -0.05) is 184 Å². The van der Waals surface area contributed by atoms with E-state index >= 15 is 0 Å². The minimum atomic E-state index is 0. The number of nitrogens with zero attached hydrogens (tertiary/aromatic N) is 2. The van der Waals surface area contributed by atoms with E-state index in [1.54, 1.807) is 0 Å². The fourth-order valence-corrected chi connectivity index (χ4v) is 8.32. The molecular formula is C51H53BrN2. The third-order valence-electron chi connectivity index (χ3n) is 11.6. The summed E-state index contributed by atoms with van der Waals surface area (Å²) >= 11 is 0. The van der Waals surface area contributed by atoms with Crippen LogP contribution in [0.3, 0.4) is 0 Å². The van der Waals surface area contributed by atoms with Crippen molar-refractivity contribution < 1.29 is 21.5 Å². The molecule has 0 aliphatic heterocycles. The first-order valence-corrected chi connectivity index (χ1v) is 19.2. The van der Waals surface area contributed by atoms with Gasteiger partial charge in [0.2, 0.25) is 0 Å². The fourth-order valence-electron chi connectivity index (χ4n) is 8.32. The Morgan fingerprint density at radius 3 is 1.06 bits per heavy atom. The van der Waals surface area contributed by atoms with Gasteiger partial charge < -0.3 is 17.0 Å². The number of aromatic nitrogens is 2. The van der Waals surface area contributed by atoms with Crippen LogP contribution in [-0.4, -0.2) is 4.57 Å². The molecule has 1 aromatic heterocycles. The van der Waals surface area contributed by atoms with Crippen molar-refractivity contribution in [1.29, 1.82) is 0 Å². The molecule has 0 radical (unpaired) electrons. The molecule has 7 rings (SSSR count). The summed E-state index contributed by atoms with van der Waals surface area (Å²) in [6.45, 7) is 18.6. The Morgan fingerprint density at radius 1 is 0.426 bits per heavy atom. The summed E-state index contributed by atoms with van der Waals surface area (Å²) in [5.41, 5.74) is 18.3. The molecule has 1 heterocycles. The number of imidazole rings is 1. The van der Waals surface area contributed by atoms with E-state index in [1.165, 1.54) is 78.4 Å². The van der Waals surface area contributed by atoms with Crippen LogP contribution in [0.15, 0.2) is 152 Å². The van der Waals surface area contributed by atoms with Crippen molar-refractivity contribution in [3.63, 3.8) is 0 Å². The van der Waals surface area contributed by atoms with Crippen molar-refractivity contribution in [2.24, 2.45) is 0 Å². The van der Waals surface area contributed by atoms with E-state index in [2.05, 4.69) is 216 Å². The first-order valence-electron chi connectivity index (χ1n) is 19.2. The average molecular weight is 774 g/mol. The molecule has 54 heavy (non-hydrogen) atoms. The highest BCUT2D eigenvalue weighted by atomic mass is 79.9. The van der Waals surface area contributed by atoms with E-state index in [4.69, 9.17) is 0 Å². The predicted molar refractivity (Wildman–Crippen MR) is 222 cm³/mol. The van der Waals surface area contributed by atoms with Crippen LogP contribution in [0.25, 0.3) is 11.4 Å². The molecule has 0 aliphatic carbocycles. The molecule has 4 unspecified atom stereocenters. The largest absolute Gasteiger partial charge is 1.00 e. The molecular weight excluding hydrogens is 720 g/mol. The van der Waals surface area contributed by atoms with Gasteiger partial charge in [-0.15, -0.1) is 0 Å². The maximum absolute atomic E-state index is 2.51. The predicted octanol–water partition coefficient (Wildman–Crippen LogP) is 9.60. The highest BCUT2D eigenvalue weighted by molar-refractivity contribution is 5.59. The molecule has 6 aromatic carbocycles. The Balaban J connectivity index is 0.00000497. The molecule has 0 bridgehead atoms. The van der Waals surface area contributed by atoms with Gasteiger partial charge in [0, 0.05) is 59.8 Å². The third-order valence-corrected chi connectivity index (χ3v) is 11.6. The Hall–Kier alpha value is -4.99. The SMILES string of the molecule is Cc1cc(C(C)c2ccccc2)c(-n2c[n+](-c3c(C(C)c4ccccc4)cc(C)cc3C(C)c3ccccc3)c(C)c2C)c(C(C)c2ccccc2)c1.[Br-]. The van der Waals surface area contributed by atoms with Crippen LogP contribution in [0.4, 0.5) is 0 Å². The van der Waals surface area contributed by atoms with Crippen LogP contribution >= 0.6 is 0 Å². The van der Waals surface area contributed by atoms with Crippen molar-refractivity contribution in [1.82, 2.24) is 4.57 Å². The summed E-state index contributed by atoms with van der Waals surface area (Å²) in [6, 6.07) is 53.6. The zero-order chi connectivity index (χ0) is 37.2. The lowest BCUT2D eigenvalue weighted by Gasteiger charge is -2.23. The number of halogens is 1. The Kier molecular flexibility index (Phi) is 11.9. The smallest absolute Gasteiger partial charge is 0.254 e. The van der Waals surface area contributed by atoms with E-state index in [0.717, 1.165) is 0 Å². The topological polar surface area (TPSA) is 8.81 Å². The lowest BCUT2D eigenvalue weighted by atomic mass is 9.84. The zero-order valence-electron chi connectivity index (χ0n) is 33.0. The van der Waals surface area contributed by atoms with E-state index < -0.39 is 0 Å². The Labute approximate surface area is 334 Å². The monoisotopic (exact) mass is 772 g/mol. The quantitative estimate of drug-likeness (QED) is 0.123. The molecule has 0 spiro atoms. The number of rotatable bonds is 10. The number of hydrogen-bond acceptors (Lipinski definition) is 0. The molecule has 4 atom stereocenters. The normalized spacial score (nSPS) is 13.5. The lowest BCUT2D eigenvalue weighted by molar-refractivity contribution is -0.602. The summed E-state index contributed by atoms with van der Waals surface area (Å²) in [6.07, 6.45) is 2.39. The molecule has 0 saturated carbocycles. The second-order valence-corrected chi connectivity index (χ2v) is 15.1. The number of aryl methyl sites for hydroxylation is 2. The molecule has 0 amide bonds. The second-order valence-electron chi connectivity index (χ2n) is 15.1. The second kappa shape index (κ2) is 16.6. The molecule has 3 heteroatoms. The van der Waals surface area contributed by atoms with Gasteiger partial charge in [-0.25, -0.2) is 0 Å². The standard InChI is InChI=1S/C51H53N2.BrH/c1-34-29-46(36(3)42-21-13-9-14-22-42)50(47(30-34)37(4)43-23-15-10-16-24-43)52-33-53(41(8)40(52)7)51-48(38(5)44-25-17-11-18-26-44)31-35(2)32-49(51)39(6)45-27-19-12-20-28-45;/h9-33,36-39H,1-8H3;1H/q+1;/p-1. The third kappa shape index (κ3) is 7.52. The average Bonchev–Trinajstić information content (AvgIpc) is 3.49. The minimum absolute atomic E-state index is 0. The Morgan fingerprint density at radius 2 is 0.722 bits per heavy atom. The summed E-state index contributed by atoms with van der Waals surface area (Å²) in [5.74, 6) is 0.797. The summed E-state index contributed by atoms with van der Waals surface area (Å²) < 4.78 is 5.01. The summed E-state index contributed by atoms with van der Waals surface area (Å²) in [7, 11) is 0. The van der Waals surface area contributed by atoms with Crippen molar-refractivity contribution in [3.05, 3.63) is 219 Å². The van der Waals surface area contributed by atoms with E-state index in [0.29, 0.717) is 0 Å². The minimum Gasteiger partial charge on any atom is -1.00 e. The van der Waals surface area contributed by atoms with Crippen LogP contribution < -0.4 is 21.5 Å². The van der Waals surface area contributed by atoms with Crippen LogP contribution in [0, 0.1) is 27.7 Å². The molecule has 0 saturated heterocycles. The molecule has 0 N–H and O–H groups in total. The van der Waals surface area contributed by atoms with Crippen molar-refractivity contribution in [2.75, 3.05) is 0 Å². The van der Waals surface area contributed by atoms with Crippen LogP contribution in [0.2, 0.25) is 0 Å². The van der Waals surface area contributed by atoms with E-state index in [-0.39, 0.29) is 40.7 Å². The fraction of sp³-hybridized carbons (Fsp3) is 0.235. The van der Waals surface area contributed by atoms with Gasteiger partial charge in [0.15, 0.2) is 0 Å². The lowest BCUT2D eigenvalue weighted by Crippen LogP contribution is -3.00. The van der Waals surface area contributed by atoms with Crippen LogP contribution in [0.5, 0.6) is 0 Å².